The molecule has 3 nitrogen and oxygen atoms in total. The van der Waals surface area contributed by atoms with Crippen LogP contribution in [0.1, 0.15) is 12.5 Å². The molecule has 4 rings (SSSR count). The predicted molar refractivity (Wildman–Crippen MR) is 134 cm³/mol. The molecule has 0 radical (unpaired) electrons. The summed E-state index contributed by atoms with van der Waals surface area (Å²) < 4.78 is 19.7. The zero-order valence-corrected chi connectivity index (χ0v) is 19.1. The van der Waals surface area contributed by atoms with Gasteiger partial charge in [-0.15, -0.1) is 11.8 Å². The lowest BCUT2D eigenvalue weighted by atomic mass is 10.0. The fraction of sp³-hybridized carbons (Fsp3) is 0.107. The second-order valence-corrected chi connectivity index (χ2v) is 8.78. The molecule has 4 aromatic rings. The highest BCUT2D eigenvalue weighted by molar-refractivity contribution is 7.99. The Morgan fingerprint density at radius 2 is 1.70 bits per heavy atom. The number of halogens is 1. The van der Waals surface area contributed by atoms with Crippen molar-refractivity contribution in [3.63, 3.8) is 0 Å². The molecule has 0 fully saturated rings. The Hall–Kier alpha value is -3.57. The van der Waals surface area contributed by atoms with Crippen LogP contribution in [0.4, 0.5) is 10.1 Å². The Kier molecular flexibility index (Phi) is 7.43. The molecule has 1 N–H and O–H groups in total. The summed E-state index contributed by atoms with van der Waals surface area (Å²) in [6, 6.07) is 29.3. The molecular formula is C28H24FNO2S. The van der Waals surface area contributed by atoms with Crippen LogP contribution in [-0.2, 0) is 11.2 Å². The number of anilines is 1. The fourth-order valence-electron chi connectivity index (χ4n) is 3.46. The van der Waals surface area contributed by atoms with Gasteiger partial charge in [0.25, 0.3) is 0 Å². The van der Waals surface area contributed by atoms with Crippen molar-refractivity contribution in [1.29, 1.82) is 0 Å². The maximum absolute atomic E-state index is 13.7. The molecule has 166 valence electrons. The first-order valence-electron chi connectivity index (χ1n) is 10.7. The zero-order chi connectivity index (χ0) is 23.0. The number of rotatable bonds is 8. The van der Waals surface area contributed by atoms with Crippen molar-refractivity contribution >= 4 is 23.4 Å². The largest absolute Gasteiger partial charge is 0.457 e. The van der Waals surface area contributed by atoms with E-state index in [0.29, 0.717) is 17.2 Å². The van der Waals surface area contributed by atoms with Gasteiger partial charge >= 0.3 is 0 Å². The van der Waals surface area contributed by atoms with Gasteiger partial charge in [0.05, 0.1) is 6.42 Å². The van der Waals surface area contributed by atoms with E-state index in [9.17, 15) is 9.18 Å². The van der Waals surface area contributed by atoms with Gasteiger partial charge in [-0.25, -0.2) is 4.39 Å². The third-order valence-electron chi connectivity index (χ3n) is 4.97. The number of carbonyl (C=O) groups excluding carboxylic acids is 1. The van der Waals surface area contributed by atoms with E-state index >= 15 is 0 Å². The summed E-state index contributed by atoms with van der Waals surface area (Å²) in [7, 11) is 0. The average Bonchev–Trinajstić information content (AvgIpc) is 2.81. The van der Waals surface area contributed by atoms with Gasteiger partial charge in [0.15, 0.2) is 0 Å². The van der Waals surface area contributed by atoms with Crippen molar-refractivity contribution in [2.75, 3.05) is 11.1 Å². The number of hydrogen-bond acceptors (Lipinski definition) is 3. The summed E-state index contributed by atoms with van der Waals surface area (Å²) in [5.74, 6) is 1.45. The zero-order valence-electron chi connectivity index (χ0n) is 18.3. The summed E-state index contributed by atoms with van der Waals surface area (Å²) in [5.41, 5.74) is 3.38. The number of amides is 1. The highest BCUT2D eigenvalue weighted by Gasteiger charge is 2.12. The van der Waals surface area contributed by atoms with Gasteiger partial charge in [-0.2, -0.15) is 0 Å². The van der Waals surface area contributed by atoms with Crippen LogP contribution in [0.15, 0.2) is 102 Å². The standard InChI is InChI=1S/C28H24FNO2S/c1-2-33-25-14-11-20(12-15-25)17-28(31)30-23-13-16-26(21-7-4-3-5-8-21)27(19-23)32-24-10-6-9-22(29)18-24/h3-16,18-19H,2,17H2,1H3,(H,30,31). The van der Waals surface area contributed by atoms with Gasteiger partial charge in [0.1, 0.15) is 17.3 Å². The van der Waals surface area contributed by atoms with Crippen LogP contribution in [0, 0.1) is 5.82 Å². The molecule has 0 atom stereocenters. The molecule has 0 spiro atoms. The van der Waals surface area contributed by atoms with Gasteiger partial charge in [0, 0.05) is 28.3 Å². The minimum atomic E-state index is -0.374. The summed E-state index contributed by atoms with van der Waals surface area (Å²) in [6.07, 6.45) is 0.275. The SMILES string of the molecule is CCSc1ccc(CC(=O)Nc2ccc(-c3ccccc3)c(Oc3cccc(F)c3)c2)cc1. The predicted octanol–water partition coefficient (Wildman–Crippen LogP) is 7.58. The second-order valence-electron chi connectivity index (χ2n) is 7.44. The highest BCUT2D eigenvalue weighted by atomic mass is 32.2. The summed E-state index contributed by atoms with van der Waals surface area (Å²) in [6.45, 7) is 2.11. The van der Waals surface area contributed by atoms with Crippen molar-refractivity contribution in [3.8, 4) is 22.6 Å². The molecule has 4 aromatic carbocycles. The van der Waals surface area contributed by atoms with Gasteiger partial charge in [-0.1, -0.05) is 55.5 Å². The number of thioether (sulfide) groups is 1. The number of ether oxygens (including phenoxy) is 1. The van der Waals surface area contributed by atoms with E-state index in [-0.39, 0.29) is 18.1 Å². The molecule has 5 heteroatoms. The summed E-state index contributed by atoms with van der Waals surface area (Å²) >= 11 is 1.77. The Balaban J connectivity index is 1.55. The quantitative estimate of drug-likeness (QED) is 0.277. The lowest BCUT2D eigenvalue weighted by Crippen LogP contribution is -2.14. The van der Waals surface area contributed by atoms with E-state index in [1.165, 1.54) is 17.0 Å². The van der Waals surface area contributed by atoms with E-state index in [2.05, 4.69) is 12.2 Å². The molecule has 0 aromatic heterocycles. The molecule has 1 amide bonds. The molecule has 33 heavy (non-hydrogen) atoms. The maximum atomic E-state index is 13.7. The number of nitrogens with one attached hydrogen (secondary N) is 1. The molecule has 0 heterocycles. The molecule has 0 aliphatic rings. The first-order chi connectivity index (χ1) is 16.1. The van der Waals surface area contributed by atoms with Crippen molar-refractivity contribution in [1.82, 2.24) is 0 Å². The minimum absolute atomic E-state index is 0.116. The number of carbonyl (C=O) groups is 1. The Morgan fingerprint density at radius 1 is 0.909 bits per heavy atom. The summed E-state index contributed by atoms with van der Waals surface area (Å²) in [4.78, 5) is 13.8. The van der Waals surface area contributed by atoms with Crippen LogP contribution in [0.5, 0.6) is 11.5 Å². The Labute approximate surface area is 197 Å². The fourth-order valence-corrected chi connectivity index (χ4v) is 4.12. The first kappa shape index (κ1) is 22.6. The van der Waals surface area contributed by atoms with Crippen LogP contribution >= 0.6 is 11.8 Å². The summed E-state index contributed by atoms with van der Waals surface area (Å²) in [5, 5.41) is 2.95. The van der Waals surface area contributed by atoms with Crippen molar-refractivity contribution < 1.29 is 13.9 Å². The second kappa shape index (κ2) is 10.8. The van der Waals surface area contributed by atoms with E-state index in [0.717, 1.165) is 22.4 Å². The lowest BCUT2D eigenvalue weighted by Gasteiger charge is -2.14. The molecule has 0 aliphatic carbocycles. The molecule has 0 saturated heterocycles. The lowest BCUT2D eigenvalue weighted by molar-refractivity contribution is -0.115. The van der Waals surface area contributed by atoms with Crippen molar-refractivity contribution in [3.05, 3.63) is 108 Å². The van der Waals surface area contributed by atoms with Gasteiger partial charge in [0.2, 0.25) is 5.91 Å². The van der Waals surface area contributed by atoms with E-state index in [1.807, 2.05) is 66.7 Å². The minimum Gasteiger partial charge on any atom is -0.457 e. The molecular weight excluding hydrogens is 433 g/mol. The first-order valence-corrected chi connectivity index (χ1v) is 11.7. The number of hydrogen-bond donors (Lipinski definition) is 1. The van der Waals surface area contributed by atoms with E-state index in [4.69, 9.17) is 4.74 Å². The van der Waals surface area contributed by atoms with E-state index < -0.39 is 0 Å². The van der Waals surface area contributed by atoms with Crippen LogP contribution in [0.25, 0.3) is 11.1 Å². The van der Waals surface area contributed by atoms with Crippen LogP contribution in [0.2, 0.25) is 0 Å². The van der Waals surface area contributed by atoms with Crippen LogP contribution in [-0.4, -0.2) is 11.7 Å². The normalized spacial score (nSPS) is 10.6. The van der Waals surface area contributed by atoms with Crippen molar-refractivity contribution in [2.24, 2.45) is 0 Å². The Bertz CT molecular complexity index is 1230. The van der Waals surface area contributed by atoms with Crippen LogP contribution in [0.3, 0.4) is 0 Å². The Morgan fingerprint density at radius 3 is 2.42 bits per heavy atom. The monoisotopic (exact) mass is 457 g/mol. The van der Waals surface area contributed by atoms with Crippen LogP contribution < -0.4 is 10.1 Å². The van der Waals surface area contributed by atoms with Crippen molar-refractivity contribution in [2.45, 2.75) is 18.2 Å². The third kappa shape index (κ3) is 6.24. The highest BCUT2D eigenvalue weighted by Crippen LogP contribution is 2.36. The van der Waals surface area contributed by atoms with E-state index in [1.54, 1.807) is 30.0 Å². The number of benzene rings is 4. The van der Waals surface area contributed by atoms with Gasteiger partial charge < -0.3 is 10.1 Å². The molecule has 0 unspecified atom stereocenters. The topological polar surface area (TPSA) is 38.3 Å². The molecule has 0 aliphatic heterocycles. The van der Waals surface area contributed by atoms with Gasteiger partial charge in [-0.05, 0) is 53.3 Å². The third-order valence-corrected chi connectivity index (χ3v) is 5.87. The molecule has 0 bridgehead atoms. The average molecular weight is 458 g/mol. The van der Waals surface area contributed by atoms with Gasteiger partial charge in [-0.3, -0.25) is 4.79 Å². The smallest absolute Gasteiger partial charge is 0.228 e. The maximum Gasteiger partial charge on any atom is 0.228 e. The molecule has 0 saturated carbocycles.